The van der Waals surface area contributed by atoms with Crippen molar-refractivity contribution in [3.63, 3.8) is 0 Å². The monoisotopic (exact) mass is 194 g/mol. The fourth-order valence-electron chi connectivity index (χ4n) is 1.68. The molecule has 1 aliphatic rings. The Balaban J connectivity index is 2.44. The maximum Gasteiger partial charge on any atom is 0.364 e. The Labute approximate surface area is 73.1 Å². The second kappa shape index (κ2) is 3.89. The molecule has 2 nitrogen and oxygen atoms in total. The standard InChI is InChI=1S/C8H16FO2P/c1-7-5-3-4-6-8(7)11-12(2,9)10/h7-8H,3-6H2,1-2H3. The Bertz CT molecular complexity index is 189. The van der Waals surface area contributed by atoms with E-state index in [1.165, 1.54) is 6.42 Å². The van der Waals surface area contributed by atoms with Crippen molar-refractivity contribution in [3.05, 3.63) is 0 Å². The molecule has 0 amide bonds. The van der Waals surface area contributed by atoms with Crippen molar-refractivity contribution < 1.29 is 13.3 Å². The topological polar surface area (TPSA) is 26.3 Å². The first kappa shape index (κ1) is 10.2. The molecule has 1 rings (SSSR count). The smallest absolute Gasteiger partial charge is 0.302 e. The highest BCUT2D eigenvalue weighted by molar-refractivity contribution is 7.52. The van der Waals surface area contributed by atoms with Crippen LogP contribution in [0.2, 0.25) is 0 Å². The Hall–Kier alpha value is 0.120. The van der Waals surface area contributed by atoms with E-state index >= 15 is 0 Å². The fraction of sp³-hybridized carbons (Fsp3) is 1.00. The summed E-state index contributed by atoms with van der Waals surface area (Å²) in [6.07, 6.45) is 4.03. The van der Waals surface area contributed by atoms with Crippen molar-refractivity contribution in [2.45, 2.75) is 38.7 Å². The third-order valence-corrected chi connectivity index (χ3v) is 3.00. The summed E-state index contributed by atoms with van der Waals surface area (Å²) in [5.41, 5.74) is 0. The summed E-state index contributed by atoms with van der Waals surface area (Å²) < 4.78 is 28.3. The van der Waals surface area contributed by atoms with Gasteiger partial charge in [0.15, 0.2) is 0 Å². The van der Waals surface area contributed by atoms with Crippen molar-refractivity contribution in [2.24, 2.45) is 5.92 Å². The second-order valence-electron chi connectivity index (χ2n) is 3.65. The molecule has 12 heavy (non-hydrogen) atoms. The highest BCUT2D eigenvalue weighted by Gasteiger charge is 2.27. The zero-order chi connectivity index (χ0) is 9.19. The highest BCUT2D eigenvalue weighted by Crippen LogP contribution is 2.48. The summed E-state index contributed by atoms with van der Waals surface area (Å²) in [7, 11) is -3.77. The van der Waals surface area contributed by atoms with Gasteiger partial charge >= 0.3 is 7.68 Å². The second-order valence-corrected chi connectivity index (χ2v) is 5.36. The van der Waals surface area contributed by atoms with E-state index in [0.29, 0.717) is 5.92 Å². The number of hydrogen-bond donors (Lipinski definition) is 0. The van der Waals surface area contributed by atoms with Gasteiger partial charge < -0.3 is 4.52 Å². The van der Waals surface area contributed by atoms with E-state index in [1.807, 2.05) is 6.92 Å². The highest BCUT2D eigenvalue weighted by atomic mass is 31.2. The molecular weight excluding hydrogens is 178 g/mol. The van der Waals surface area contributed by atoms with Gasteiger partial charge in [0.1, 0.15) is 0 Å². The van der Waals surface area contributed by atoms with E-state index < -0.39 is 7.68 Å². The Kier molecular flexibility index (Phi) is 3.30. The number of hydrogen-bond acceptors (Lipinski definition) is 2. The molecule has 0 bridgehead atoms. The number of halogens is 1. The van der Waals surface area contributed by atoms with Crippen LogP contribution >= 0.6 is 7.68 Å². The van der Waals surface area contributed by atoms with E-state index in [0.717, 1.165) is 25.9 Å². The van der Waals surface area contributed by atoms with Crippen molar-refractivity contribution in [1.82, 2.24) is 0 Å². The lowest BCUT2D eigenvalue weighted by Gasteiger charge is -2.28. The fourth-order valence-corrected chi connectivity index (χ4v) is 2.48. The van der Waals surface area contributed by atoms with Crippen LogP contribution in [-0.2, 0) is 9.09 Å². The first-order chi connectivity index (χ1) is 5.49. The summed E-state index contributed by atoms with van der Waals surface area (Å²) in [6, 6.07) is 0. The van der Waals surface area contributed by atoms with Gasteiger partial charge in [-0.25, -0.2) is 0 Å². The largest absolute Gasteiger partial charge is 0.364 e. The molecule has 0 N–H and O–H groups in total. The van der Waals surface area contributed by atoms with Crippen LogP contribution in [0.25, 0.3) is 0 Å². The van der Waals surface area contributed by atoms with E-state index in [4.69, 9.17) is 4.52 Å². The third kappa shape index (κ3) is 3.24. The first-order valence-electron chi connectivity index (χ1n) is 4.44. The minimum absolute atomic E-state index is 0.125. The summed E-state index contributed by atoms with van der Waals surface area (Å²) in [5, 5.41) is 0. The summed E-state index contributed by atoms with van der Waals surface area (Å²) >= 11 is 0. The zero-order valence-electron chi connectivity index (χ0n) is 7.62. The molecule has 0 aliphatic heterocycles. The van der Waals surface area contributed by atoms with Crippen LogP contribution in [0.4, 0.5) is 4.20 Å². The minimum Gasteiger partial charge on any atom is -0.302 e. The van der Waals surface area contributed by atoms with Gasteiger partial charge in [-0.05, 0) is 18.8 Å². The van der Waals surface area contributed by atoms with Gasteiger partial charge in [0.25, 0.3) is 0 Å². The van der Waals surface area contributed by atoms with Gasteiger partial charge in [0.05, 0.1) is 6.10 Å². The predicted molar refractivity (Wildman–Crippen MR) is 47.1 cm³/mol. The molecular formula is C8H16FO2P. The van der Waals surface area contributed by atoms with Gasteiger partial charge in [0, 0.05) is 6.66 Å². The van der Waals surface area contributed by atoms with E-state index in [-0.39, 0.29) is 6.10 Å². The lowest BCUT2D eigenvalue weighted by Crippen LogP contribution is -2.23. The molecule has 0 aromatic heterocycles. The molecule has 72 valence electrons. The Morgan fingerprint density at radius 2 is 2.00 bits per heavy atom. The van der Waals surface area contributed by atoms with Crippen LogP contribution in [-0.4, -0.2) is 12.8 Å². The summed E-state index contributed by atoms with van der Waals surface area (Å²) in [4.78, 5) is 0. The van der Waals surface area contributed by atoms with Crippen molar-refractivity contribution in [3.8, 4) is 0 Å². The first-order valence-corrected chi connectivity index (χ1v) is 6.41. The molecule has 1 fully saturated rings. The zero-order valence-corrected chi connectivity index (χ0v) is 8.52. The molecule has 0 aromatic carbocycles. The van der Waals surface area contributed by atoms with Gasteiger partial charge in [-0.15, -0.1) is 0 Å². The van der Waals surface area contributed by atoms with Gasteiger partial charge in [0.2, 0.25) is 0 Å². The van der Waals surface area contributed by atoms with Crippen LogP contribution in [0, 0.1) is 5.92 Å². The Morgan fingerprint density at radius 1 is 1.42 bits per heavy atom. The van der Waals surface area contributed by atoms with Crippen LogP contribution in [0.5, 0.6) is 0 Å². The van der Waals surface area contributed by atoms with Gasteiger partial charge in [-0.2, -0.15) is 4.20 Å². The molecule has 0 heterocycles. The lowest BCUT2D eigenvalue weighted by molar-refractivity contribution is 0.0980. The van der Waals surface area contributed by atoms with Crippen LogP contribution in [0.3, 0.4) is 0 Å². The molecule has 0 aromatic rings. The molecule has 4 heteroatoms. The lowest BCUT2D eigenvalue weighted by atomic mass is 9.88. The average molecular weight is 194 g/mol. The maximum atomic E-state index is 12.7. The average Bonchev–Trinajstić information content (AvgIpc) is 1.91. The quantitative estimate of drug-likeness (QED) is 0.630. The summed E-state index contributed by atoms with van der Waals surface area (Å²) in [6.45, 7) is 3.06. The van der Waals surface area contributed by atoms with Gasteiger partial charge in [-0.1, -0.05) is 19.8 Å². The molecule has 1 saturated carbocycles. The number of rotatable bonds is 2. The predicted octanol–water partition coefficient (Wildman–Crippen LogP) is 3.37. The minimum atomic E-state index is -3.77. The van der Waals surface area contributed by atoms with Crippen LogP contribution < -0.4 is 0 Å². The molecule has 0 radical (unpaired) electrons. The molecule has 3 atom stereocenters. The van der Waals surface area contributed by atoms with E-state index in [9.17, 15) is 8.76 Å². The van der Waals surface area contributed by atoms with Crippen LogP contribution in [0.1, 0.15) is 32.6 Å². The third-order valence-electron chi connectivity index (χ3n) is 2.36. The van der Waals surface area contributed by atoms with Crippen LogP contribution in [0.15, 0.2) is 0 Å². The molecule has 0 saturated heterocycles. The Morgan fingerprint density at radius 3 is 2.50 bits per heavy atom. The van der Waals surface area contributed by atoms with Crippen molar-refractivity contribution >= 4 is 7.68 Å². The van der Waals surface area contributed by atoms with Crippen molar-refractivity contribution in [1.29, 1.82) is 0 Å². The maximum absolute atomic E-state index is 12.7. The van der Waals surface area contributed by atoms with Gasteiger partial charge in [-0.3, -0.25) is 4.57 Å². The van der Waals surface area contributed by atoms with Crippen molar-refractivity contribution in [2.75, 3.05) is 6.66 Å². The molecule has 1 aliphatic carbocycles. The normalized spacial score (nSPS) is 35.9. The SMILES string of the molecule is CC1CCCCC1OP(C)(=O)F. The summed E-state index contributed by atoms with van der Waals surface area (Å²) in [5.74, 6) is 0.350. The molecule has 3 unspecified atom stereocenters. The van der Waals surface area contributed by atoms with E-state index in [2.05, 4.69) is 0 Å². The van der Waals surface area contributed by atoms with E-state index in [1.54, 1.807) is 0 Å². The molecule has 0 spiro atoms.